The number of aliphatic carboxylic acids is 2. The van der Waals surface area contributed by atoms with E-state index >= 15 is 0 Å². The van der Waals surface area contributed by atoms with Crippen molar-refractivity contribution in [2.45, 2.75) is 24.9 Å². The Balaban J connectivity index is 0.00000392. The van der Waals surface area contributed by atoms with E-state index in [4.69, 9.17) is 5.11 Å². The lowest BCUT2D eigenvalue weighted by atomic mass is 10.0. The van der Waals surface area contributed by atoms with Gasteiger partial charge in [0.25, 0.3) is 0 Å². The lowest BCUT2D eigenvalue weighted by molar-refractivity contribution is -0.141. The SMILES string of the molecule is Cl.O=C(O)CNC(=O)C(Cc1ccccc1)N[C@@H](Cc1ccccc1)C(=O)O. The Labute approximate surface area is 169 Å². The number of carbonyl (C=O) groups excluding carboxylic acids is 1. The molecule has 0 aliphatic heterocycles. The molecule has 0 radical (unpaired) electrons. The molecular formula is C20H23ClN2O5. The van der Waals surface area contributed by atoms with Crippen molar-refractivity contribution >= 4 is 30.3 Å². The highest BCUT2D eigenvalue weighted by Gasteiger charge is 2.27. The van der Waals surface area contributed by atoms with E-state index in [1.807, 2.05) is 60.7 Å². The Morgan fingerprint density at radius 1 is 0.786 bits per heavy atom. The summed E-state index contributed by atoms with van der Waals surface area (Å²) in [5.74, 6) is -2.80. The average molecular weight is 407 g/mol. The Bertz CT molecular complexity index is 771. The molecule has 1 unspecified atom stereocenters. The summed E-state index contributed by atoms with van der Waals surface area (Å²) in [6.45, 7) is -0.526. The van der Waals surface area contributed by atoms with E-state index in [1.165, 1.54) is 0 Å². The smallest absolute Gasteiger partial charge is 0.322 e. The van der Waals surface area contributed by atoms with Crippen molar-refractivity contribution in [3.63, 3.8) is 0 Å². The molecule has 150 valence electrons. The first-order valence-corrected chi connectivity index (χ1v) is 8.52. The van der Waals surface area contributed by atoms with Crippen LogP contribution in [0.1, 0.15) is 11.1 Å². The van der Waals surface area contributed by atoms with E-state index in [0.29, 0.717) is 0 Å². The van der Waals surface area contributed by atoms with E-state index in [1.54, 1.807) is 0 Å². The van der Waals surface area contributed by atoms with Crippen molar-refractivity contribution in [3.8, 4) is 0 Å². The topological polar surface area (TPSA) is 116 Å². The Hall–Kier alpha value is -2.90. The summed E-state index contributed by atoms with van der Waals surface area (Å²) in [6.07, 6.45) is 0.443. The van der Waals surface area contributed by atoms with Gasteiger partial charge < -0.3 is 15.5 Å². The van der Waals surface area contributed by atoms with Crippen LogP contribution in [0.3, 0.4) is 0 Å². The molecule has 0 heterocycles. The van der Waals surface area contributed by atoms with Crippen LogP contribution in [0.2, 0.25) is 0 Å². The maximum absolute atomic E-state index is 12.4. The van der Waals surface area contributed by atoms with Crippen LogP contribution in [0.5, 0.6) is 0 Å². The highest BCUT2D eigenvalue weighted by Crippen LogP contribution is 2.08. The van der Waals surface area contributed by atoms with E-state index in [0.717, 1.165) is 11.1 Å². The summed E-state index contributed by atoms with van der Waals surface area (Å²) >= 11 is 0. The van der Waals surface area contributed by atoms with Crippen LogP contribution >= 0.6 is 12.4 Å². The Morgan fingerprint density at radius 2 is 1.25 bits per heavy atom. The van der Waals surface area contributed by atoms with Gasteiger partial charge in [-0.2, -0.15) is 0 Å². The van der Waals surface area contributed by atoms with Crippen molar-refractivity contribution < 1.29 is 24.6 Å². The molecule has 0 spiro atoms. The minimum atomic E-state index is -1.17. The van der Waals surface area contributed by atoms with Crippen LogP contribution in [0, 0.1) is 0 Å². The third-order valence-corrected chi connectivity index (χ3v) is 4.00. The molecule has 7 nitrogen and oxygen atoms in total. The number of carbonyl (C=O) groups is 3. The zero-order valence-electron chi connectivity index (χ0n) is 15.1. The zero-order valence-corrected chi connectivity index (χ0v) is 15.9. The number of hydrogen-bond acceptors (Lipinski definition) is 4. The van der Waals surface area contributed by atoms with E-state index in [-0.39, 0.29) is 25.2 Å². The second-order valence-corrected chi connectivity index (χ2v) is 6.10. The van der Waals surface area contributed by atoms with Gasteiger partial charge in [0.1, 0.15) is 12.6 Å². The number of amides is 1. The Morgan fingerprint density at radius 3 is 1.68 bits per heavy atom. The molecule has 0 aromatic heterocycles. The number of benzene rings is 2. The van der Waals surface area contributed by atoms with Crippen LogP contribution in [-0.4, -0.2) is 46.7 Å². The Kier molecular flexibility index (Phi) is 9.70. The molecule has 4 N–H and O–H groups in total. The highest BCUT2D eigenvalue weighted by molar-refractivity contribution is 5.86. The maximum atomic E-state index is 12.4. The molecule has 28 heavy (non-hydrogen) atoms. The third-order valence-electron chi connectivity index (χ3n) is 4.00. The van der Waals surface area contributed by atoms with Gasteiger partial charge in [-0.15, -0.1) is 12.4 Å². The van der Waals surface area contributed by atoms with E-state index < -0.39 is 36.5 Å². The van der Waals surface area contributed by atoms with Crippen molar-refractivity contribution in [3.05, 3.63) is 71.8 Å². The predicted octanol–water partition coefficient (Wildman–Crippen LogP) is 1.51. The molecule has 2 aromatic carbocycles. The van der Waals surface area contributed by atoms with Crippen molar-refractivity contribution in [1.82, 2.24) is 10.6 Å². The lowest BCUT2D eigenvalue weighted by Crippen LogP contribution is -2.53. The summed E-state index contributed by atoms with van der Waals surface area (Å²) in [5.41, 5.74) is 1.66. The van der Waals surface area contributed by atoms with Crippen molar-refractivity contribution in [1.29, 1.82) is 0 Å². The van der Waals surface area contributed by atoms with E-state index in [9.17, 15) is 19.5 Å². The molecule has 0 aliphatic rings. The number of nitrogens with one attached hydrogen (secondary N) is 2. The molecule has 2 aromatic rings. The van der Waals surface area contributed by atoms with Gasteiger partial charge in [0, 0.05) is 0 Å². The highest BCUT2D eigenvalue weighted by atomic mass is 35.5. The first-order valence-electron chi connectivity index (χ1n) is 8.52. The third kappa shape index (κ3) is 7.77. The first kappa shape index (κ1) is 23.1. The monoisotopic (exact) mass is 406 g/mol. The molecule has 8 heteroatoms. The predicted molar refractivity (Wildman–Crippen MR) is 107 cm³/mol. The zero-order chi connectivity index (χ0) is 19.6. The fraction of sp³-hybridized carbons (Fsp3) is 0.250. The maximum Gasteiger partial charge on any atom is 0.322 e. The number of carboxylic acid groups (broad SMARTS) is 2. The van der Waals surface area contributed by atoms with Gasteiger partial charge in [0.2, 0.25) is 5.91 Å². The quantitative estimate of drug-likeness (QED) is 0.475. The molecule has 2 atom stereocenters. The molecule has 0 bridgehead atoms. The number of halogens is 1. The van der Waals surface area contributed by atoms with Gasteiger partial charge in [-0.05, 0) is 24.0 Å². The number of hydrogen-bond donors (Lipinski definition) is 4. The minimum Gasteiger partial charge on any atom is -0.480 e. The van der Waals surface area contributed by atoms with Crippen LogP contribution in [-0.2, 0) is 27.2 Å². The fourth-order valence-electron chi connectivity index (χ4n) is 2.67. The van der Waals surface area contributed by atoms with Gasteiger partial charge in [-0.1, -0.05) is 60.7 Å². The number of carboxylic acids is 2. The van der Waals surface area contributed by atoms with Crippen LogP contribution in [0.4, 0.5) is 0 Å². The van der Waals surface area contributed by atoms with Crippen LogP contribution < -0.4 is 10.6 Å². The van der Waals surface area contributed by atoms with Crippen molar-refractivity contribution in [2.24, 2.45) is 0 Å². The van der Waals surface area contributed by atoms with Crippen molar-refractivity contribution in [2.75, 3.05) is 6.54 Å². The summed E-state index contributed by atoms with van der Waals surface area (Å²) < 4.78 is 0. The number of rotatable bonds is 10. The summed E-state index contributed by atoms with van der Waals surface area (Å²) in [6, 6.07) is 16.4. The molecule has 2 rings (SSSR count). The average Bonchev–Trinajstić information content (AvgIpc) is 2.66. The van der Waals surface area contributed by atoms with Gasteiger partial charge in [0.15, 0.2) is 0 Å². The minimum absolute atomic E-state index is 0. The molecule has 0 saturated heterocycles. The van der Waals surface area contributed by atoms with Gasteiger partial charge in [-0.3, -0.25) is 19.7 Å². The van der Waals surface area contributed by atoms with Crippen LogP contribution in [0.15, 0.2) is 60.7 Å². The first-order chi connectivity index (χ1) is 13.0. The fourth-order valence-corrected chi connectivity index (χ4v) is 2.67. The molecular weight excluding hydrogens is 384 g/mol. The molecule has 0 aliphatic carbocycles. The standard InChI is InChI=1S/C20H22N2O5.ClH/c23-18(24)13-21-19(25)16(11-14-7-3-1-4-8-14)22-17(20(26)27)12-15-9-5-2-6-10-15;/h1-10,16-17,22H,11-13H2,(H,21,25)(H,23,24)(H,26,27);1H/t16?,17-;/m0./s1. The molecule has 1 amide bonds. The largest absolute Gasteiger partial charge is 0.480 e. The second-order valence-electron chi connectivity index (χ2n) is 6.10. The second kappa shape index (κ2) is 11.7. The van der Waals surface area contributed by atoms with E-state index in [2.05, 4.69) is 10.6 Å². The molecule has 0 saturated carbocycles. The summed E-state index contributed by atoms with van der Waals surface area (Å²) in [5, 5.41) is 23.5. The van der Waals surface area contributed by atoms with Gasteiger partial charge in [-0.25, -0.2) is 0 Å². The summed E-state index contributed by atoms with van der Waals surface area (Å²) in [7, 11) is 0. The lowest BCUT2D eigenvalue weighted by Gasteiger charge is -2.23. The van der Waals surface area contributed by atoms with Crippen LogP contribution in [0.25, 0.3) is 0 Å². The van der Waals surface area contributed by atoms with Gasteiger partial charge in [0.05, 0.1) is 6.04 Å². The molecule has 0 fully saturated rings. The normalized spacial score (nSPS) is 12.3. The van der Waals surface area contributed by atoms with Gasteiger partial charge >= 0.3 is 11.9 Å². The summed E-state index contributed by atoms with van der Waals surface area (Å²) in [4.78, 5) is 34.9.